The van der Waals surface area contributed by atoms with Crippen LogP contribution in [0.4, 0.5) is 0 Å². The van der Waals surface area contributed by atoms with Gasteiger partial charge in [-0.05, 0) is 91.8 Å². The van der Waals surface area contributed by atoms with Gasteiger partial charge in [0.2, 0.25) is 25.4 Å². The van der Waals surface area contributed by atoms with E-state index in [0.717, 1.165) is 86.7 Å². The molecule has 0 N–H and O–H groups in total. The maximum atomic E-state index is 14.2. The van der Waals surface area contributed by atoms with E-state index >= 15 is 0 Å². The fraction of sp³-hybridized carbons (Fsp3) is 0.444. The van der Waals surface area contributed by atoms with Crippen molar-refractivity contribution in [1.29, 1.82) is 0 Å². The molecule has 7 rings (SSSR count). The quantitative estimate of drug-likeness (QED) is 0.291. The highest BCUT2D eigenvalue weighted by Gasteiger charge is 2.53. The van der Waals surface area contributed by atoms with Crippen molar-refractivity contribution in [3.05, 3.63) is 77.9 Å². The van der Waals surface area contributed by atoms with E-state index in [4.69, 9.17) is 18.9 Å². The topological polar surface area (TPSA) is 77.5 Å². The van der Waals surface area contributed by atoms with Crippen molar-refractivity contribution in [1.82, 2.24) is 9.80 Å². The Morgan fingerprint density at radius 3 is 2.02 bits per heavy atom. The first-order valence-electron chi connectivity index (χ1n) is 16.1. The van der Waals surface area contributed by atoms with Gasteiger partial charge in [-0.2, -0.15) is 0 Å². The third-order valence-corrected chi connectivity index (χ3v) is 9.65. The molecule has 2 aromatic carbocycles. The summed E-state index contributed by atoms with van der Waals surface area (Å²) >= 11 is 0. The molecule has 2 amide bonds. The molecule has 5 aliphatic rings. The van der Waals surface area contributed by atoms with Gasteiger partial charge in [0.15, 0.2) is 23.0 Å². The maximum Gasteiger partial charge on any atom is 0.246 e. The Labute approximate surface area is 258 Å². The van der Waals surface area contributed by atoms with Gasteiger partial charge >= 0.3 is 0 Å². The van der Waals surface area contributed by atoms with Gasteiger partial charge in [0, 0.05) is 32.1 Å². The van der Waals surface area contributed by atoms with Crippen LogP contribution in [-0.4, -0.2) is 61.4 Å². The van der Waals surface area contributed by atoms with Crippen LogP contribution in [-0.2, 0) is 9.59 Å². The van der Waals surface area contributed by atoms with E-state index in [1.54, 1.807) is 6.08 Å². The molecule has 0 aromatic heterocycles. The van der Waals surface area contributed by atoms with Gasteiger partial charge < -0.3 is 28.7 Å². The van der Waals surface area contributed by atoms with Crippen LogP contribution in [0, 0.1) is 17.8 Å². The van der Waals surface area contributed by atoms with Gasteiger partial charge in [0.1, 0.15) is 0 Å². The number of ether oxygens (including phenoxy) is 4. The molecular weight excluding hydrogens is 556 g/mol. The summed E-state index contributed by atoms with van der Waals surface area (Å²) in [6.07, 6.45) is 18.6. The number of fused-ring (bicyclic) bond motifs is 2. The lowest BCUT2D eigenvalue weighted by molar-refractivity contribution is -0.144. The van der Waals surface area contributed by atoms with Crippen molar-refractivity contribution < 1.29 is 28.5 Å². The standard InChI is InChI=1S/C36H40N2O6/c39-33(37-17-5-1-6-18-37)16-13-28-27(10-4-3-9-25-11-14-29-31(21-25)43-23-41-29)35(36(40)38-19-7-2-8-20-38)34(28)26-12-15-30-32(22-26)44-24-42-30/h3-4,9-16,21-22,27-28,34-35H,1-2,5-8,17-20,23-24H2/b9-3+,10-4+,16-13-/t27-,28-,34+,35+/m1/s1. The molecule has 4 aliphatic heterocycles. The number of nitrogens with zero attached hydrogens (tertiary/aromatic N) is 2. The summed E-state index contributed by atoms with van der Waals surface area (Å²) in [6.45, 7) is 3.67. The molecule has 2 aromatic rings. The van der Waals surface area contributed by atoms with E-state index in [-0.39, 0.29) is 49.1 Å². The van der Waals surface area contributed by atoms with Crippen LogP contribution >= 0.6 is 0 Å². The van der Waals surface area contributed by atoms with E-state index in [1.807, 2.05) is 53.5 Å². The molecule has 1 saturated carbocycles. The summed E-state index contributed by atoms with van der Waals surface area (Å²) < 4.78 is 22.3. The van der Waals surface area contributed by atoms with Crippen molar-refractivity contribution >= 4 is 17.9 Å². The van der Waals surface area contributed by atoms with Gasteiger partial charge in [0.25, 0.3) is 0 Å². The van der Waals surface area contributed by atoms with E-state index in [9.17, 15) is 9.59 Å². The molecule has 4 atom stereocenters. The first-order chi connectivity index (χ1) is 21.7. The van der Waals surface area contributed by atoms with E-state index in [1.165, 1.54) is 6.42 Å². The third kappa shape index (κ3) is 5.82. The largest absolute Gasteiger partial charge is 0.454 e. The zero-order chi connectivity index (χ0) is 29.9. The molecule has 0 spiro atoms. The minimum atomic E-state index is -0.233. The molecular formula is C36H40N2O6. The number of rotatable bonds is 7. The summed E-state index contributed by atoms with van der Waals surface area (Å²) in [5, 5.41) is 0. The number of allylic oxidation sites excluding steroid dienone is 4. The number of benzene rings is 2. The molecule has 4 heterocycles. The number of amides is 2. The molecule has 0 bridgehead atoms. The average Bonchev–Trinajstić information content (AvgIpc) is 3.73. The highest BCUT2D eigenvalue weighted by Crippen LogP contribution is 2.56. The molecule has 0 radical (unpaired) electrons. The fourth-order valence-electron chi connectivity index (χ4n) is 7.29. The molecule has 8 heteroatoms. The summed E-state index contributed by atoms with van der Waals surface area (Å²) in [6, 6.07) is 11.9. The number of likely N-dealkylation sites (tertiary alicyclic amines) is 2. The number of hydrogen-bond acceptors (Lipinski definition) is 6. The summed E-state index contributed by atoms with van der Waals surface area (Å²) in [5.41, 5.74) is 2.06. The van der Waals surface area contributed by atoms with Gasteiger partial charge in [0.05, 0.1) is 5.92 Å². The third-order valence-electron chi connectivity index (χ3n) is 9.65. The van der Waals surface area contributed by atoms with Crippen molar-refractivity contribution in [2.24, 2.45) is 17.8 Å². The van der Waals surface area contributed by atoms with Crippen LogP contribution in [0.5, 0.6) is 23.0 Å². The molecule has 230 valence electrons. The van der Waals surface area contributed by atoms with E-state index < -0.39 is 0 Å². The van der Waals surface area contributed by atoms with Crippen LogP contribution in [0.1, 0.15) is 55.6 Å². The van der Waals surface area contributed by atoms with Crippen LogP contribution in [0.15, 0.2) is 66.8 Å². The molecule has 3 fully saturated rings. The summed E-state index contributed by atoms with van der Waals surface area (Å²) in [7, 11) is 0. The number of carbonyl (C=O) groups is 2. The van der Waals surface area contributed by atoms with Gasteiger partial charge in [-0.15, -0.1) is 0 Å². The molecule has 8 nitrogen and oxygen atoms in total. The van der Waals surface area contributed by atoms with Crippen LogP contribution in [0.3, 0.4) is 0 Å². The average molecular weight is 597 g/mol. The number of hydrogen-bond donors (Lipinski definition) is 0. The monoisotopic (exact) mass is 596 g/mol. The Balaban J connectivity index is 1.18. The van der Waals surface area contributed by atoms with Crippen molar-refractivity contribution in [3.63, 3.8) is 0 Å². The van der Waals surface area contributed by atoms with Crippen molar-refractivity contribution in [3.8, 4) is 23.0 Å². The number of carbonyl (C=O) groups excluding carboxylic acids is 2. The smallest absolute Gasteiger partial charge is 0.246 e. The summed E-state index contributed by atoms with van der Waals surface area (Å²) in [4.78, 5) is 31.4. The van der Waals surface area contributed by atoms with Gasteiger partial charge in [-0.1, -0.05) is 42.5 Å². The first kappa shape index (κ1) is 28.6. The molecule has 0 unspecified atom stereocenters. The molecule has 2 saturated heterocycles. The molecule has 44 heavy (non-hydrogen) atoms. The highest BCUT2D eigenvalue weighted by molar-refractivity contribution is 5.88. The maximum absolute atomic E-state index is 14.2. The Hall–Kier alpha value is -4.20. The van der Waals surface area contributed by atoms with Crippen LogP contribution in [0.25, 0.3) is 6.08 Å². The summed E-state index contributed by atoms with van der Waals surface area (Å²) in [5.74, 6) is 2.84. The normalized spacial score (nSPS) is 26.1. The lowest BCUT2D eigenvalue weighted by Gasteiger charge is -2.51. The van der Waals surface area contributed by atoms with Crippen molar-refractivity contribution in [2.45, 2.75) is 44.4 Å². The predicted octanol–water partition coefficient (Wildman–Crippen LogP) is 5.94. The zero-order valence-electron chi connectivity index (χ0n) is 25.1. The lowest BCUT2D eigenvalue weighted by Crippen LogP contribution is -2.53. The van der Waals surface area contributed by atoms with Gasteiger partial charge in [-0.25, -0.2) is 0 Å². The Bertz CT molecular complexity index is 1470. The minimum absolute atomic E-state index is 0.0157. The van der Waals surface area contributed by atoms with Crippen LogP contribution in [0.2, 0.25) is 0 Å². The Morgan fingerprint density at radius 1 is 0.659 bits per heavy atom. The second-order valence-corrected chi connectivity index (χ2v) is 12.3. The second-order valence-electron chi connectivity index (χ2n) is 12.3. The lowest BCUT2D eigenvalue weighted by atomic mass is 9.53. The minimum Gasteiger partial charge on any atom is -0.454 e. The second kappa shape index (κ2) is 12.8. The van der Waals surface area contributed by atoms with Crippen LogP contribution < -0.4 is 18.9 Å². The fourth-order valence-corrected chi connectivity index (χ4v) is 7.29. The van der Waals surface area contributed by atoms with Crippen molar-refractivity contribution in [2.75, 3.05) is 39.8 Å². The Morgan fingerprint density at radius 2 is 1.30 bits per heavy atom. The SMILES string of the molecule is O=C(/C=C\[C@@H]1[C@@H](/C=C/C=C/c2ccc3c(c2)OCO3)[C@H](C(=O)N2CCCCC2)[C@H]1c1ccc2c(c1)OCO2)N1CCCCC1. The zero-order valence-corrected chi connectivity index (χ0v) is 25.1. The molecule has 1 aliphatic carbocycles. The first-order valence-corrected chi connectivity index (χ1v) is 16.1. The Kier molecular flexibility index (Phi) is 8.31. The highest BCUT2D eigenvalue weighted by atomic mass is 16.7. The van der Waals surface area contributed by atoms with E-state index in [2.05, 4.69) is 23.1 Å². The number of piperidine rings is 2. The predicted molar refractivity (Wildman–Crippen MR) is 167 cm³/mol. The van der Waals surface area contributed by atoms with Gasteiger partial charge in [-0.3, -0.25) is 9.59 Å². The van der Waals surface area contributed by atoms with E-state index in [0.29, 0.717) is 5.75 Å².